The van der Waals surface area contributed by atoms with Crippen LogP contribution in [0.3, 0.4) is 0 Å². The summed E-state index contributed by atoms with van der Waals surface area (Å²) in [6, 6.07) is 16.3. The highest BCUT2D eigenvalue weighted by atomic mass is 32.2. The predicted molar refractivity (Wildman–Crippen MR) is 213 cm³/mol. The molecule has 0 spiro atoms. The summed E-state index contributed by atoms with van der Waals surface area (Å²) in [6.07, 6.45) is 8.09. The van der Waals surface area contributed by atoms with E-state index in [1.807, 2.05) is 61.7 Å². The van der Waals surface area contributed by atoms with E-state index in [-0.39, 0.29) is 29.8 Å². The molecule has 1 aliphatic carbocycles. The summed E-state index contributed by atoms with van der Waals surface area (Å²) in [4.78, 5) is 40.6. The summed E-state index contributed by atoms with van der Waals surface area (Å²) in [5, 5.41) is 17.4. The maximum absolute atomic E-state index is 14.3. The number of hydrogen-bond donors (Lipinski definition) is 3. The quantitative estimate of drug-likeness (QED) is 0.117. The molecule has 14 heteroatoms. The normalized spacial score (nSPS) is 17.3. The van der Waals surface area contributed by atoms with Gasteiger partial charge in [-0.1, -0.05) is 76.3 Å². The fourth-order valence-electron chi connectivity index (χ4n) is 7.60. The number of carbonyl (C=O) groups is 2. The number of benzene rings is 2. The number of ether oxygens (including phenoxy) is 1. The molecule has 12 nitrogen and oxygen atoms in total. The molecule has 0 unspecified atom stereocenters. The molecule has 1 saturated carbocycles. The van der Waals surface area contributed by atoms with Gasteiger partial charge in [-0.05, 0) is 66.1 Å². The second-order valence-electron chi connectivity index (χ2n) is 14.7. The zero-order valence-electron chi connectivity index (χ0n) is 31.8. The van der Waals surface area contributed by atoms with Gasteiger partial charge in [-0.2, -0.15) is 0 Å². The van der Waals surface area contributed by atoms with E-state index in [4.69, 9.17) is 9.72 Å². The number of hydrogen-bond acceptors (Lipinski definition) is 9. The molecular weight excluding hydrogens is 737 g/mol. The molecule has 2 aromatic heterocycles. The van der Waals surface area contributed by atoms with E-state index >= 15 is 0 Å². The minimum atomic E-state index is -4.03. The Morgan fingerprint density at radius 3 is 2.58 bits per heavy atom. The van der Waals surface area contributed by atoms with Crippen LogP contribution >= 0.6 is 11.3 Å². The van der Waals surface area contributed by atoms with Crippen LogP contribution in [-0.2, 0) is 34.2 Å². The molecule has 2 aliphatic rings. The summed E-state index contributed by atoms with van der Waals surface area (Å²) < 4.78 is 35.7. The monoisotopic (exact) mass is 788 g/mol. The lowest BCUT2D eigenvalue weighted by molar-refractivity contribution is -0.128. The van der Waals surface area contributed by atoms with Gasteiger partial charge in [0.25, 0.3) is 0 Å². The molecule has 2 fully saturated rings. The van der Waals surface area contributed by atoms with Gasteiger partial charge in [-0.25, -0.2) is 22.9 Å². The van der Waals surface area contributed by atoms with Crippen LogP contribution in [0.4, 0.5) is 4.79 Å². The number of methoxy groups -OCH3 is 1. The van der Waals surface area contributed by atoms with Crippen molar-refractivity contribution in [3.05, 3.63) is 95.3 Å². The molecule has 1 aliphatic heterocycles. The van der Waals surface area contributed by atoms with E-state index in [1.54, 1.807) is 47.5 Å². The smallest absolute Gasteiger partial charge is 0.321 e. The van der Waals surface area contributed by atoms with Crippen molar-refractivity contribution >= 4 is 33.3 Å². The molecule has 3 heterocycles. The third kappa shape index (κ3) is 10.1. The largest absolute Gasteiger partial charge is 0.497 e. The van der Waals surface area contributed by atoms with Crippen LogP contribution in [0, 0.1) is 11.8 Å². The second-order valence-corrected chi connectivity index (χ2v) is 17.3. The molecular formula is C41H52N6O6S2. The SMILES string of the molecule is CC[C@H](C)[C@@H](C(=O)N[C@@H](Cc1ccccc1)[C@H](O)CNS(=O)(=O)c1ccc(OC)cc1CC1CCCC1)N1CCN(Cc2csc(-c3cccnc3)n2)C1=O. The van der Waals surface area contributed by atoms with Crippen molar-refractivity contribution in [1.82, 2.24) is 29.8 Å². The zero-order valence-corrected chi connectivity index (χ0v) is 33.4. The fraction of sp³-hybridized carbons (Fsp3) is 0.463. The van der Waals surface area contributed by atoms with E-state index in [2.05, 4.69) is 15.0 Å². The number of aromatic nitrogens is 2. The van der Waals surface area contributed by atoms with Crippen LogP contribution in [0.15, 0.2) is 83.3 Å². The fourth-order valence-corrected chi connectivity index (χ4v) is 9.68. The molecule has 2 aromatic carbocycles. The number of aliphatic hydroxyl groups excluding tert-OH is 1. The first-order valence-electron chi connectivity index (χ1n) is 19.2. The van der Waals surface area contributed by atoms with E-state index in [0.29, 0.717) is 49.7 Å². The van der Waals surface area contributed by atoms with Crippen molar-refractivity contribution < 1.29 is 27.9 Å². The van der Waals surface area contributed by atoms with Crippen LogP contribution < -0.4 is 14.8 Å². The number of nitrogens with one attached hydrogen (secondary N) is 2. The van der Waals surface area contributed by atoms with E-state index in [9.17, 15) is 23.1 Å². The van der Waals surface area contributed by atoms with Crippen molar-refractivity contribution in [3.8, 4) is 16.3 Å². The van der Waals surface area contributed by atoms with Gasteiger partial charge in [0.2, 0.25) is 15.9 Å². The number of carbonyl (C=O) groups excluding carboxylic acids is 2. The predicted octanol–water partition coefficient (Wildman–Crippen LogP) is 5.67. The lowest BCUT2D eigenvalue weighted by Crippen LogP contribution is -2.57. The van der Waals surface area contributed by atoms with Crippen LogP contribution in [0.5, 0.6) is 5.75 Å². The maximum Gasteiger partial charge on any atom is 0.321 e. The minimum absolute atomic E-state index is 0.163. The molecule has 0 bridgehead atoms. The van der Waals surface area contributed by atoms with Crippen molar-refractivity contribution in [2.24, 2.45) is 11.8 Å². The molecule has 4 aromatic rings. The summed E-state index contributed by atoms with van der Waals surface area (Å²) in [7, 11) is -2.47. The van der Waals surface area contributed by atoms with Gasteiger partial charge >= 0.3 is 6.03 Å². The molecule has 294 valence electrons. The first kappa shape index (κ1) is 40.3. The Hall–Kier alpha value is -4.37. The molecule has 4 atom stereocenters. The highest BCUT2D eigenvalue weighted by Gasteiger charge is 2.41. The van der Waals surface area contributed by atoms with Gasteiger partial charge < -0.3 is 25.0 Å². The van der Waals surface area contributed by atoms with E-state index in [1.165, 1.54) is 11.3 Å². The number of rotatable bonds is 18. The number of nitrogens with zero attached hydrogens (tertiary/aromatic N) is 4. The lowest BCUT2D eigenvalue weighted by atomic mass is 9.95. The molecule has 55 heavy (non-hydrogen) atoms. The lowest BCUT2D eigenvalue weighted by Gasteiger charge is -2.33. The van der Waals surface area contributed by atoms with Gasteiger partial charge in [0.15, 0.2) is 0 Å². The average molecular weight is 789 g/mol. The van der Waals surface area contributed by atoms with Crippen LogP contribution in [0.25, 0.3) is 10.6 Å². The molecule has 1 saturated heterocycles. The second kappa shape index (κ2) is 18.5. The molecule has 3 amide bonds. The van der Waals surface area contributed by atoms with Crippen molar-refractivity contribution in [3.63, 3.8) is 0 Å². The summed E-state index contributed by atoms with van der Waals surface area (Å²) in [5.41, 5.74) is 3.22. The summed E-state index contributed by atoms with van der Waals surface area (Å²) >= 11 is 1.49. The van der Waals surface area contributed by atoms with Gasteiger partial charge in [-0.15, -0.1) is 11.3 Å². The Bertz CT molecular complexity index is 1990. The zero-order chi connectivity index (χ0) is 39.0. The first-order chi connectivity index (χ1) is 26.6. The van der Waals surface area contributed by atoms with Crippen LogP contribution in [0.2, 0.25) is 0 Å². The standard InChI is InChI=1S/C41H52N6O6S2/c1-4-28(2)38(47-20-19-46(41(47)50)26-33-27-54-40(44-33)31-15-10-18-42-24-31)39(49)45-35(22-30-11-6-5-7-12-30)36(48)25-43-55(51,52)37-17-16-34(53-3)23-32(37)21-29-13-8-9-14-29/h5-7,10-12,15-18,23-24,27-29,35-36,38,43,48H,4,8-9,13-14,19-22,25-26H2,1-3H3,(H,45,49)/t28-,35-,36+,38-/m0/s1. The Labute approximate surface area is 328 Å². The molecule has 6 rings (SSSR count). The van der Waals surface area contributed by atoms with Crippen molar-refractivity contribution in [2.45, 2.75) is 88.4 Å². The number of urea groups is 1. The topological polar surface area (TPSA) is 154 Å². The third-order valence-electron chi connectivity index (χ3n) is 10.8. The van der Waals surface area contributed by atoms with Crippen molar-refractivity contribution in [1.29, 1.82) is 0 Å². The van der Waals surface area contributed by atoms with E-state index < -0.39 is 34.1 Å². The summed E-state index contributed by atoms with van der Waals surface area (Å²) in [5.74, 6) is 0.407. The number of sulfonamides is 1. The third-order valence-corrected chi connectivity index (χ3v) is 13.3. The van der Waals surface area contributed by atoms with Crippen LogP contribution in [0.1, 0.15) is 62.8 Å². The summed E-state index contributed by atoms with van der Waals surface area (Å²) in [6.45, 7) is 4.70. The van der Waals surface area contributed by atoms with Gasteiger partial charge in [0.1, 0.15) is 16.8 Å². The highest BCUT2D eigenvalue weighted by molar-refractivity contribution is 7.89. The highest BCUT2D eigenvalue weighted by Crippen LogP contribution is 2.32. The van der Waals surface area contributed by atoms with Gasteiger partial charge in [0, 0.05) is 43.0 Å². The Morgan fingerprint density at radius 1 is 1.09 bits per heavy atom. The molecule has 3 N–H and O–H groups in total. The Morgan fingerprint density at radius 2 is 1.87 bits per heavy atom. The van der Waals surface area contributed by atoms with Gasteiger partial charge in [-0.3, -0.25) is 9.78 Å². The Balaban J connectivity index is 1.16. The van der Waals surface area contributed by atoms with E-state index in [0.717, 1.165) is 47.5 Å². The number of thiazole rings is 1. The Kier molecular flexibility index (Phi) is 13.6. The maximum atomic E-state index is 14.3. The first-order valence-corrected chi connectivity index (χ1v) is 21.5. The number of aliphatic hydroxyl groups is 1. The average Bonchev–Trinajstić information content (AvgIpc) is 3.97. The number of amides is 3. The van der Waals surface area contributed by atoms with Crippen molar-refractivity contribution in [2.75, 3.05) is 26.7 Å². The number of pyridine rings is 1. The molecule has 0 radical (unpaired) electrons. The van der Waals surface area contributed by atoms with Gasteiger partial charge in [0.05, 0.1) is 36.4 Å². The minimum Gasteiger partial charge on any atom is -0.497 e. The van der Waals surface area contributed by atoms with Crippen LogP contribution in [-0.4, -0.2) is 90.2 Å².